The molecule has 1 N–H and O–H groups in total. The van der Waals surface area contributed by atoms with Crippen LogP contribution in [0.5, 0.6) is 0 Å². The smallest absolute Gasteiger partial charge is 0.194 e. The maximum absolute atomic E-state index is 4.58. The number of hydrogen-bond acceptors (Lipinski definition) is 3. The minimum atomic E-state index is 0. The molecule has 23 heavy (non-hydrogen) atoms. The van der Waals surface area contributed by atoms with Gasteiger partial charge in [-0.15, -0.1) is 35.3 Å². The van der Waals surface area contributed by atoms with E-state index in [0.29, 0.717) is 0 Å². The van der Waals surface area contributed by atoms with E-state index in [9.17, 15) is 0 Å². The number of nitrogens with zero attached hydrogens (tertiary/aromatic N) is 3. The van der Waals surface area contributed by atoms with Gasteiger partial charge in [0.15, 0.2) is 5.96 Å². The molecule has 3 rings (SSSR count). The lowest BCUT2D eigenvalue weighted by molar-refractivity contribution is 0.378. The number of aromatic nitrogens is 1. The summed E-state index contributed by atoms with van der Waals surface area (Å²) in [4.78, 5) is 12.6. The highest BCUT2D eigenvalue weighted by atomic mass is 127. The largest absolute Gasteiger partial charge is 0.350 e. The van der Waals surface area contributed by atoms with Crippen molar-refractivity contribution in [2.45, 2.75) is 33.4 Å². The first-order valence-electron chi connectivity index (χ1n) is 7.62. The molecule has 4 nitrogen and oxygen atoms in total. The second-order valence-electron chi connectivity index (χ2n) is 5.59. The quantitative estimate of drug-likeness (QED) is 0.440. The number of guanidine groups is 1. The van der Waals surface area contributed by atoms with Crippen molar-refractivity contribution in [1.29, 1.82) is 0 Å². The van der Waals surface area contributed by atoms with E-state index in [1.54, 1.807) is 11.3 Å². The van der Waals surface area contributed by atoms with Crippen LogP contribution in [0.25, 0.3) is 0 Å². The van der Waals surface area contributed by atoms with E-state index in [2.05, 4.69) is 58.3 Å². The Morgan fingerprint density at radius 2 is 2.04 bits per heavy atom. The highest BCUT2D eigenvalue weighted by Gasteiger charge is 2.18. The van der Waals surface area contributed by atoms with Crippen LogP contribution in [0.1, 0.15) is 26.7 Å². The van der Waals surface area contributed by atoms with Crippen LogP contribution in [-0.4, -0.2) is 29.4 Å². The summed E-state index contributed by atoms with van der Waals surface area (Å²) in [5.41, 5.74) is 3.99. The topological polar surface area (TPSA) is 40.5 Å². The average molecular weight is 442 g/mol. The van der Waals surface area contributed by atoms with Gasteiger partial charge in [0.25, 0.3) is 0 Å². The zero-order valence-electron chi connectivity index (χ0n) is 13.8. The van der Waals surface area contributed by atoms with Gasteiger partial charge in [0.05, 0.1) is 12.2 Å². The molecule has 0 spiro atoms. The van der Waals surface area contributed by atoms with E-state index in [0.717, 1.165) is 42.7 Å². The summed E-state index contributed by atoms with van der Waals surface area (Å²) in [5.74, 6) is 0.958. The Balaban J connectivity index is 0.00000192. The molecule has 0 saturated carbocycles. The normalized spacial score (nSPS) is 14.2. The molecule has 1 aliphatic heterocycles. The van der Waals surface area contributed by atoms with E-state index in [-0.39, 0.29) is 24.0 Å². The lowest BCUT2D eigenvalue weighted by Crippen LogP contribution is -2.43. The number of fused-ring (bicyclic) bond motifs is 1. The number of thiazole rings is 1. The molecule has 2 aromatic rings. The maximum Gasteiger partial charge on any atom is 0.194 e. The third kappa shape index (κ3) is 4.23. The predicted octanol–water partition coefficient (Wildman–Crippen LogP) is 3.51. The molecule has 0 bridgehead atoms. The molecule has 124 valence electrons. The van der Waals surface area contributed by atoms with E-state index in [1.807, 2.05) is 7.05 Å². The van der Waals surface area contributed by atoms with Gasteiger partial charge in [-0.1, -0.05) is 24.3 Å². The van der Waals surface area contributed by atoms with Crippen LogP contribution in [0, 0.1) is 13.8 Å². The molecule has 1 aromatic carbocycles. The molecule has 2 heterocycles. The van der Waals surface area contributed by atoms with Gasteiger partial charge in [-0.2, -0.15) is 0 Å². The number of aryl methyl sites for hydroxylation is 2. The van der Waals surface area contributed by atoms with Crippen LogP contribution in [0.3, 0.4) is 0 Å². The Hall–Kier alpha value is -1.15. The third-order valence-corrected chi connectivity index (χ3v) is 5.19. The molecule has 0 unspecified atom stereocenters. The second kappa shape index (κ2) is 8.10. The molecule has 0 amide bonds. The van der Waals surface area contributed by atoms with Crippen molar-refractivity contribution < 1.29 is 0 Å². The van der Waals surface area contributed by atoms with Gasteiger partial charge >= 0.3 is 0 Å². The lowest BCUT2D eigenvalue weighted by atomic mass is 10.0. The van der Waals surface area contributed by atoms with Crippen molar-refractivity contribution in [2.75, 3.05) is 13.6 Å². The first kappa shape index (κ1) is 18.2. The van der Waals surface area contributed by atoms with E-state index in [1.165, 1.54) is 16.0 Å². The number of benzene rings is 1. The molecule has 1 aromatic heterocycles. The van der Waals surface area contributed by atoms with Gasteiger partial charge in [0.2, 0.25) is 0 Å². The van der Waals surface area contributed by atoms with Crippen molar-refractivity contribution in [3.05, 3.63) is 51.0 Å². The van der Waals surface area contributed by atoms with E-state index in [4.69, 9.17) is 0 Å². The van der Waals surface area contributed by atoms with Crippen molar-refractivity contribution >= 4 is 41.3 Å². The predicted molar refractivity (Wildman–Crippen MR) is 108 cm³/mol. The summed E-state index contributed by atoms with van der Waals surface area (Å²) in [6.07, 6.45) is 1.08. The van der Waals surface area contributed by atoms with Crippen LogP contribution in [0.15, 0.2) is 29.3 Å². The Morgan fingerprint density at radius 1 is 1.30 bits per heavy atom. The number of nitrogens with one attached hydrogen (secondary N) is 1. The minimum absolute atomic E-state index is 0. The summed E-state index contributed by atoms with van der Waals surface area (Å²) in [5, 5.41) is 4.57. The fourth-order valence-electron chi connectivity index (χ4n) is 2.78. The zero-order valence-corrected chi connectivity index (χ0v) is 16.9. The van der Waals surface area contributed by atoms with Crippen molar-refractivity contribution in [3.8, 4) is 0 Å². The van der Waals surface area contributed by atoms with Crippen LogP contribution in [0.4, 0.5) is 0 Å². The summed E-state index contributed by atoms with van der Waals surface area (Å²) in [6, 6.07) is 8.67. The second-order valence-corrected chi connectivity index (χ2v) is 6.88. The molecule has 1 aliphatic rings. The first-order chi connectivity index (χ1) is 10.7. The van der Waals surface area contributed by atoms with E-state index < -0.39 is 0 Å². The standard InChI is InChI=1S/C17H22N4S.HI/c1-12-13(2)22-16(20-12)10-19-17(18-3)21-9-8-14-6-4-5-7-15(14)11-21;/h4-7H,8-11H2,1-3H3,(H,18,19);1H. The third-order valence-electron chi connectivity index (χ3n) is 4.11. The highest BCUT2D eigenvalue weighted by molar-refractivity contribution is 14.0. The van der Waals surface area contributed by atoms with Crippen molar-refractivity contribution in [3.63, 3.8) is 0 Å². The van der Waals surface area contributed by atoms with Gasteiger partial charge < -0.3 is 10.2 Å². The number of hydrogen-bond donors (Lipinski definition) is 1. The van der Waals surface area contributed by atoms with Gasteiger partial charge in [0, 0.05) is 25.0 Å². The summed E-state index contributed by atoms with van der Waals surface area (Å²) in [7, 11) is 1.85. The van der Waals surface area contributed by atoms with Crippen LogP contribution >= 0.6 is 35.3 Å². The fourth-order valence-corrected chi connectivity index (χ4v) is 3.65. The minimum Gasteiger partial charge on any atom is -0.350 e. The molecule has 0 aliphatic carbocycles. The summed E-state index contributed by atoms with van der Waals surface area (Å²) >= 11 is 1.75. The van der Waals surface area contributed by atoms with Gasteiger partial charge in [-0.3, -0.25) is 4.99 Å². The van der Waals surface area contributed by atoms with Gasteiger partial charge in [-0.05, 0) is 31.4 Å². The molecular formula is C17H23IN4S. The summed E-state index contributed by atoms with van der Waals surface area (Å²) in [6.45, 7) is 6.85. The fraction of sp³-hybridized carbons (Fsp3) is 0.412. The van der Waals surface area contributed by atoms with Crippen molar-refractivity contribution in [2.24, 2.45) is 4.99 Å². The van der Waals surface area contributed by atoms with Gasteiger partial charge in [-0.25, -0.2) is 4.98 Å². The van der Waals surface area contributed by atoms with Crippen LogP contribution in [-0.2, 0) is 19.5 Å². The Morgan fingerprint density at radius 3 is 2.70 bits per heavy atom. The summed E-state index contributed by atoms with van der Waals surface area (Å²) < 4.78 is 0. The molecule has 0 atom stereocenters. The van der Waals surface area contributed by atoms with Gasteiger partial charge in [0.1, 0.15) is 5.01 Å². The molecular weight excluding hydrogens is 419 g/mol. The monoisotopic (exact) mass is 442 g/mol. The molecule has 0 saturated heterocycles. The maximum atomic E-state index is 4.58. The SMILES string of the molecule is CN=C(NCc1nc(C)c(C)s1)N1CCc2ccccc2C1.I. The van der Waals surface area contributed by atoms with Crippen LogP contribution in [0.2, 0.25) is 0 Å². The van der Waals surface area contributed by atoms with Crippen molar-refractivity contribution in [1.82, 2.24) is 15.2 Å². The zero-order chi connectivity index (χ0) is 15.5. The lowest BCUT2D eigenvalue weighted by Gasteiger charge is -2.31. The Labute approximate surface area is 159 Å². The molecule has 0 fully saturated rings. The van der Waals surface area contributed by atoms with Crippen LogP contribution < -0.4 is 5.32 Å². The number of halogens is 1. The average Bonchev–Trinajstić information content (AvgIpc) is 2.86. The molecule has 0 radical (unpaired) electrons. The Bertz CT molecular complexity index is 676. The molecule has 6 heteroatoms. The highest BCUT2D eigenvalue weighted by Crippen LogP contribution is 2.19. The number of aliphatic imine (C=N–C) groups is 1. The van der Waals surface area contributed by atoms with E-state index >= 15 is 0 Å². The first-order valence-corrected chi connectivity index (χ1v) is 8.44. The Kier molecular flexibility index (Phi) is 6.41. The number of rotatable bonds is 2.